The van der Waals surface area contributed by atoms with Gasteiger partial charge in [-0.3, -0.25) is 0 Å². The molecule has 0 radical (unpaired) electrons. The molecular formula is C19H28O2. The third-order valence-corrected chi connectivity index (χ3v) is 3.44. The molecule has 0 amide bonds. The molecule has 0 aliphatic rings. The highest BCUT2D eigenvalue weighted by Gasteiger charge is 2.26. The monoisotopic (exact) mass is 288 g/mol. The van der Waals surface area contributed by atoms with E-state index in [0.717, 1.165) is 5.75 Å². The van der Waals surface area contributed by atoms with E-state index in [1.807, 2.05) is 18.2 Å². The summed E-state index contributed by atoms with van der Waals surface area (Å²) in [6.45, 7) is 14.4. The smallest absolute Gasteiger partial charge is 0.204 e. The van der Waals surface area contributed by atoms with Crippen LogP contribution in [0.15, 0.2) is 42.7 Å². The van der Waals surface area contributed by atoms with Crippen LogP contribution < -0.4 is 4.74 Å². The van der Waals surface area contributed by atoms with E-state index in [1.54, 1.807) is 7.11 Å². The maximum atomic E-state index is 5.92. The summed E-state index contributed by atoms with van der Waals surface area (Å²) >= 11 is 0. The van der Waals surface area contributed by atoms with Crippen molar-refractivity contribution in [2.24, 2.45) is 11.3 Å². The molecule has 0 aromatic heterocycles. The van der Waals surface area contributed by atoms with Gasteiger partial charge in [0.15, 0.2) is 0 Å². The molecule has 21 heavy (non-hydrogen) atoms. The van der Waals surface area contributed by atoms with Gasteiger partial charge in [0, 0.05) is 18.4 Å². The molecule has 0 fully saturated rings. The molecule has 0 saturated heterocycles. The SMILES string of the molecule is C=C=CC(c1ccc(OC(OC)C(C)(C)C)cc1)C(C)C. The summed E-state index contributed by atoms with van der Waals surface area (Å²) in [5, 5.41) is 0. The second-order valence-electron chi connectivity index (χ2n) is 6.76. The van der Waals surface area contributed by atoms with Crippen molar-refractivity contribution < 1.29 is 9.47 Å². The van der Waals surface area contributed by atoms with Crippen molar-refractivity contribution in [2.45, 2.75) is 46.8 Å². The quantitative estimate of drug-likeness (QED) is 0.531. The van der Waals surface area contributed by atoms with Crippen LogP contribution in [0.5, 0.6) is 5.75 Å². The van der Waals surface area contributed by atoms with Crippen LogP contribution in [0.1, 0.15) is 46.1 Å². The molecule has 0 N–H and O–H groups in total. The maximum Gasteiger partial charge on any atom is 0.204 e. The second kappa shape index (κ2) is 7.49. The minimum atomic E-state index is -0.266. The molecule has 0 spiro atoms. The zero-order valence-corrected chi connectivity index (χ0v) is 14.1. The maximum absolute atomic E-state index is 5.92. The molecule has 2 heteroatoms. The van der Waals surface area contributed by atoms with Crippen LogP contribution in [-0.2, 0) is 4.74 Å². The summed E-state index contributed by atoms with van der Waals surface area (Å²) in [7, 11) is 1.67. The van der Waals surface area contributed by atoms with Gasteiger partial charge >= 0.3 is 0 Å². The predicted molar refractivity (Wildman–Crippen MR) is 88.6 cm³/mol. The summed E-state index contributed by atoms with van der Waals surface area (Å²) < 4.78 is 11.3. The Morgan fingerprint density at radius 1 is 1.14 bits per heavy atom. The number of ether oxygens (including phenoxy) is 2. The fraction of sp³-hybridized carbons (Fsp3) is 0.526. The lowest BCUT2D eigenvalue weighted by atomic mass is 9.88. The Balaban J connectivity index is 2.89. The molecule has 1 rings (SSSR count). The number of benzene rings is 1. The Kier molecular flexibility index (Phi) is 6.26. The van der Waals surface area contributed by atoms with Crippen LogP contribution in [0.2, 0.25) is 0 Å². The van der Waals surface area contributed by atoms with E-state index in [9.17, 15) is 0 Å². The van der Waals surface area contributed by atoms with Gasteiger partial charge in [0.25, 0.3) is 0 Å². The van der Waals surface area contributed by atoms with Crippen molar-refractivity contribution in [2.75, 3.05) is 7.11 Å². The molecule has 1 aromatic carbocycles. The van der Waals surface area contributed by atoms with Crippen LogP contribution in [0.3, 0.4) is 0 Å². The Hall–Kier alpha value is -1.50. The normalized spacial score (nSPS) is 14.4. The molecule has 2 atom stereocenters. The molecule has 1 aromatic rings. The Labute approximate surface area is 129 Å². The first-order valence-electron chi connectivity index (χ1n) is 7.45. The molecule has 0 aliphatic carbocycles. The predicted octanol–water partition coefficient (Wildman–Crippen LogP) is 5.16. The third kappa shape index (κ3) is 5.08. The lowest BCUT2D eigenvalue weighted by Crippen LogP contribution is -2.33. The van der Waals surface area contributed by atoms with Gasteiger partial charge in [0.1, 0.15) is 5.75 Å². The zero-order chi connectivity index (χ0) is 16.0. The highest BCUT2D eigenvalue weighted by atomic mass is 16.7. The summed E-state index contributed by atoms with van der Waals surface area (Å²) in [5.41, 5.74) is 4.08. The highest BCUT2D eigenvalue weighted by Crippen LogP contribution is 2.29. The van der Waals surface area contributed by atoms with Crippen molar-refractivity contribution in [1.82, 2.24) is 0 Å². The molecule has 0 saturated carbocycles. The van der Waals surface area contributed by atoms with Gasteiger partial charge in [-0.15, -0.1) is 5.73 Å². The largest absolute Gasteiger partial charge is 0.464 e. The van der Waals surface area contributed by atoms with Crippen molar-refractivity contribution in [3.63, 3.8) is 0 Å². The standard InChI is InChI=1S/C19H28O2/c1-8-9-17(14(2)3)15-10-12-16(13-11-15)21-18(20-7)19(4,5)6/h9-14,17-18H,1H2,2-7H3. The van der Waals surface area contributed by atoms with Crippen molar-refractivity contribution in [1.29, 1.82) is 0 Å². The molecule has 0 aliphatic heterocycles. The lowest BCUT2D eigenvalue weighted by Gasteiger charge is -2.29. The minimum absolute atomic E-state index is 0.0700. The Morgan fingerprint density at radius 2 is 1.71 bits per heavy atom. The van der Waals surface area contributed by atoms with E-state index < -0.39 is 0 Å². The number of hydrogen-bond acceptors (Lipinski definition) is 2. The molecule has 0 bridgehead atoms. The molecule has 2 nitrogen and oxygen atoms in total. The van der Waals surface area contributed by atoms with Crippen molar-refractivity contribution in [3.8, 4) is 5.75 Å². The number of rotatable bonds is 6. The minimum Gasteiger partial charge on any atom is -0.464 e. The van der Waals surface area contributed by atoms with E-state index in [4.69, 9.17) is 9.47 Å². The van der Waals surface area contributed by atoms with Crippen LogP contribution in [0, 0.1) is 11.3 Å². The van der Waals surface area contributed by atoms with Crippen molar-refractivity contribution in [3.05, 3.63) is 48.2 Å². The van der Waals surface area contributed by atoms with E-state index in [2.05, 4.69) is 59.1 Å². The van der Waals surface area contributed by atoms with E-state index >= 15 is 0 Å². The summed E-state index contributed by atoms with van der Waals surface area (Å²) in [5.74, 6) is 1.66. The Bertz CT molecular complexity index is 473. The summed E-state index contributed by atoms with van der Waals surface area (Å²) in [4.78, 5) is 0. The first-order valence-corrected chi connectivity index (χ1v) is 7.45. The van der Waals surface area contributed by atoms with Crippen LogP contribution in [0.25, 0.3) is 0 Å². The first-order chi connectivity index (χ1) is 9.79. The van der Waals surface area contributed by atoms with Gasteiger partial charge in [-0.05, 0) is 29.7 Å². The zero-order valence-electron chi connectivity index (χ0n) is 14.1. The Morgan fingerprint density at radius 3 is 2.10 bits per heavy atom. The third-order valence-electron chi connectivity index (χ3n) is 3.44. The second-order valence-corrected chi connectivity index (χ2v) is 6.76. The van der Waals surface area contributed by atoms with E-state index in [1.165, 1.54) is 5.56 Å². The van der Waals surface area contributed by atoms with Crippen LogP contribution >= 0.6 is 0 Å². The first kappa shape index (κ1) is 17.6. The van der Waals surface area contributed by atoms with Gasteiger partial charge in [-0.2, -0.15) is 0 Å². The topological polar surface area (TPSA) is 18.5 Å². The fourth-order valence-electron chi connectivity index (χ4n) is 2.27. The molecule has 2 unspecified atom stereocenters. The summed E-state index contributed by atoms with van der Waals surface area (Å²) in [6, 6.07) is 8.20. The van der Waals surface area contributed by atoms with Gasteiger partial charge in [0.05, 0.1) is 0 Å². The van der Waals surface area contributed by atoms with Gasteiger partial charge in [-0.1, -0.05) is 53.3 Å². The average molecular weight is 288 g/mol. The van der Waals surface area contributed by atoms with Crippen molar-refractivity contribution >= 4 is 0 Å². The van der Waals surface area contributed by atoms with E-state index in [-0.39, 0.29) is 11.7 Å². The number of hydrogen-bond donors (Lipinski definition) is 0. The van der Waals surface area contributed by atoms with Crippen LogP contribution in [0.4, 0.5) is 0 Å². The van der Waals surface area contributed by atoms with Gasteiger partial charge in [-0.25, -0.2) is 0 Å². The fourth-order valence-corrected chi connectivity index (χ4v) is 2.27. The summed E-state index contributed by atoms with van der Waals surface area (Å²) in [6.07, 6.45) is 1.76. The lowest BCUT2D eigenvalue weighted by molar-refractivity contribution is -0.120. The molecule has 116 valence electrons. The highest BCUT2D eigenvalue weighted by molar-refractivity contribution is 5.32. The van der Waals surface area contributed by atoms with Gasteiger partial charge < -0.3 is 9.47 Å². The number of methoxy groups -OCH3 is 1. The van der Waals surface area contributed by atoms with Crippen LogP contribution in [-0.4, -0.2) is 13.4 Å². The van der Waals surface area contributed by atoms with Gasteiger partial charge in [0.2, 0.25) is 6.29 Å². The average Bonchev–Trinajstić information content (AvgIpc) is 2.41. The molecule has 0 heterocycles. The van der Waals surface area contributed by atoms with E-state index in [0.29, 0.717) is 11.8 Å². The number of allylic oxidation sites excluding steroid dienone is 1. The molecular weight excluding hydrogens is 260 g/mol.